The van der Waals surface area contributed by atoms with E-state index in [0.717, 1.165) is 60.6 Å². The fraction of sp³-hybridized carbons (Fsp3) is 0.417. The first-order valence-corrected chi connectivity index (χ1v) is 21.6. The third kappa shape index (κ3) is 7.41. The van der Waals surface area contributed by atoms with E-state index in [1.54, 1.807) is 7.11 Å². The van der Waals surface area contributed by atoms with E-state index in [-0.39, 0.29) is 47.7 Å². The molecule has 9 rings (SSSR count). The number of carbonyl (C=O) groups excluding carboxylic acids is 4. The average molecular weight is 855 g/mol. The number of carbonyl (C=O) groups is 4. The van der Waals surface area contributed by atoms with Crippen LogP contribution in [0.15, 0.2) is 71.8 Å². The number of H-pyrrole nitrogens is 2. The molecule has 0 spiro atoms. The first-order chi connectivity index (χ1) is 30.3. The highest BCUT2D eigenvalue weighted by Gasteiger charge is 2.53. The minimum Gasteiger partial charge on any atom is -0.453 e. The van der Waals surface area contributed by atoms with Crippen molar-refractivity contribution < 1.29 is 33.4 Å². The van der Waals surface area contributed by atoms with Crippen LogP contribution in [0.4, 0.5) is 9.59 Å². The number of hydrogen-bond donors (Lipinski definition) is 4. The number of methoxy groups -OCH3 is 3. The van der Waals surface area contributed by atoms with Crippen LogP contribution in [0, 0.1) is 17.8 Å². The molecule has 2 aromatic heterocycles. The molecule has 0 saturated carbocycles. The van der Waals surface area contributed by atoms with Crippen LogP contribution in [0.25, 0.3) is 54.7 Å². The number of nitrogens with one attached hydrogen (secondary N) is 4. The SMILES string of the molecule is COC[C@H]1C[C@@H](c2nc3c(ccc4cc(-c5ccc6c(ccc7[nH]c([C@@H]8CC9=C(C)[C@H]9N8C(=O)[C@@H](NC(=O)OC)C(C)C)nc76)c5)ccc43)[nH]2)N(C(=O)[C@@H](NC(=O)OC)C(C)C)C1. The zero-order chi connectivity index (χ0) is 44.4. The highest BCUT2D eigenvalue weighted by atomic mass is 16.5. The quantitative estimate of drug-likeness (QED) is 0.0950. The third-order valence-electron chi connectivity index (χ3n) is 13.2. The van der Waals surface area contributed by atoms with E-state index >= 15 is 0 Å². The van der Waals surface area contributed by atoms with Gasteiger partial charge in [0.05, 0.1) is 61.0 Å². The molecule has 3 aliphatic rings. The topological polar surface area (TPSA) is 184 Å². The van der Waals surface area contributed by atoms with E-state index in [1.807, 2.05) is 49.6 Å². The molecule has 1 aliphatic carbocycles. The smallest absolute Gasteiger partial charge is 0.407 e. The summed E-state index contributed by atoms with van der Waals surface area (Å²) in [6, 6.07) is 18.9. The van der Waals surface area contributed by atoms with Crippen LogP contribution < -0.4 is 10.6 Å². The molecule has 15 heteroatoms. The second kappa shape index (κ2) is 16.3. The molecular formula is C48H54N8O7. The first-order valence-electron chi connectivity index (χ1n) is 21.6. The van der Waals surface area contributed by atoms with E-state index in [9.17, 15) is 19.2 Å². The summed E-state index contributed by atoms with van der Waals surface area (Å²) in [5, 5.41) is 9.55. The number of nitrogens with zero attached hydrogens (tertiary/aromatic N) is 4. The van der Waals surface area contributed by atoms with Crippen molar-refractivity contribution in [3.05, 3.63) is 83.5 Å². The number of ether oxygens (including phenoxy) is 3. The van der Waals surface area contributed by atoms with Crippen LogP contribution >= 0.6 is 0 Å². The van der Waals surface area contributed by atoms with Gasteiger partial charge in [0.1, 0.15) is 23.7 Å². The standard InChI is InChI=1S/C48H54N8O7/c1-23(2)38(53-47(59)62-7)45(57)55-21-26(22-61-6)17-36(55)43-49-34-15-11-29-18-27(9-13-31(29)40(34)51-43)28-10-14-32-30(19-28)12-16-35-41(32)52-44(50-35)37-20-33-25(5)42(33)56(37)46(58)39(24(3)4)54-48(60)63-8/h9-16,18-19,23-24,26,36-39,42H,17,20-22H2,1-8H3,(H,49,51)(H,50,52)(H,53,59)(H,54,60)/t26-,36-,37-,38-,39-,42+/m0/s1. The number of likely N-dealkylation sites (tertiary alicyclic amines) is 2. The van der Waals surface area contributed by atoms with Gasteiger partial charge >= 0.3 is 12.2 Å². The third-order valence-corrected chi connectivity index (χ3v) is 13.2. The van der Waals surface area contributed by atoms with Crippen molar-refractivity contribution in [1.29, 1.82) is 0 Å². The molecule has 4 N–H and O–H groups in total. The minimum atomic E-state index is -0.752. The predicted octanol–water partition coefficient (Wildman–Crippen LogP) is 7.68. The zero-order valence-corrected chi connectivity index (χ0v) is 36.9. The van der Waals surface area contributed by atoms with Crippen molar-refractivity contribution >= 4 is 67.6 Å². The molecule has 328 valence electrons. The van der Waals surface area contributed by atoms with Crippen molar-refractivity contribution in [2.24, 2.45) is 17.8 Å². The second-order valence-electron chi connectivity index (χ2n) is 17.9. The maximum absolute atomic E-state index is 14.1. The number of imidazole rings is 2. The highest BCUT2D eigenvalue weighted by Crippen LogP contribution is 2.53. The van der Waals surface area contributed by atoms with Gasteiger partial charge in [0, 0.05) is 30.3 Å². The summed E-state index contributed by atoms with van der Waals surface area (Å²) in [7, 11) is 4.25. The van der Waals surface area contributed by atoms with Gasteiger partial charge < -0.3 is 44.6 Å². The van der Waals surface area contributed by atoms with E-state index in [1.165, 1.54) is 25.4 Å². The Morgan fingerprint density at radius 3 is 1.76 bits per heavy atom. The lowest BCUT2D eigenvalue weighted by Gasteiger charge is -2.32. The summed E-state index contributed by atoms with van der Waals surface area (Å²) in [5.41, 5.74) is 8.00. The molecule has 2 aliphatic heterocycles. The second-order valence-corrected chi connectivity index (χ2v) is 17.9. The van der Waals surface area contributed by atoms with E-state index in [4.69, 9.17) is 24.2 Å². The molecule has 2 fully saturated rings. The number of rotatable bonds is 11. The Morgan fingerprint density at radius 2 is 1.25 bits per heavy atom. The van der Waals surface area contributed by atoms with Crippen molar-refractivity contribution in [2.45, 2.75) is 77.7 Å². The van der Waals surface area contributed by atoms with Gasteiger partial charge in [0.2, 0.25) is 11.8 Å². The number of aromatic nitrogens is 4. The lowest BCUT2D eigenvalue weighted by atomic mass is 9.98. The molecule has 4 aromatic carbocycles. The zero-order valence-electron chi connectivity index (χ0n) is 36.9. The fourth-order valence-electron chi connectivity index (χ4n) is 9.86. The summed E-state index contributed by atoms with van der Waals surface area (Å²) in [4.78, 5) is 73.6. The van der Waals surface area contributed by atoms with Crippen LogP contribution in [-0.4, -0.2) is 106 Å². The van der Waals surface area contributed by atoms with E-state index < -0.39 is 24.3 Å². The van der Waals surface area contributed by atoms with Crippen LogP contribution in [0.1, 0.15) is 71.2 Å². The maximum atomic E-state index is 14.1. The van der Waals surface area contributed by atoms with Crippen LogP contribution in [-0.2, 0) is 23.8 Å². The number of fused-ring (bicyclic) bond motifs is 7. The molecule has 0 bridgehead atoms. The van der Waals surface area contributed by atoms with Gasteiger partial charge in [-0.2, -0.15) is 0 Å². The number of aromatic amines is 2. The molecule has 2 saturated heterocycles. The lowest BCUT2D eigenvalue weighted by molar-refractivity contribution is -0.136. The lowest BCUT2D eigenvalue weighted by Crippen LogP contribution is -2.52. The van der Waals surface area contributed by atoms with Crippen LogP contribution in [0.5, 0.6) is 0 Å². The molecule has 6 atom stereocenters. The Labute approximate surface area is 364 Å². The van der Waals surface area contributed by atoms with Crippen LogP contribution in [0.2, 0.25) is 0 Å². The highest BCUT2D eigenvalue weighted by molar-refractivity contribution is 6.07. The first kappa shape index (κ1) is 41.9. The van der Waals surface area contributed by atoms with Gasteiger partial charge in [-0.3, -0.25) is 9.59 Å². The Bertz CT molecular complexity index is 2840. The van der Waals surface area contributed by atoms with Crippen molar-refractivity contribution in [2.75, 3.05) is 34.5 Å². The van der Waals surface area contributed by atoms with E-state index in [2.05, 4.69) is 76.1 Å². The maximum Gasteiger partial charge on any atom is 0.407 e. The van der Waals surface area contributed by atoms with Gasteiger partial charge in [-0.15, -0.1) is 0 Å². The van der Waals surface area contributed by atoms with E-state index in [0.29, 0.717) is 31.8 Å². The molecule has 63 heavy (non-hydrogen) atoms. The van der Waals surface area contributed by atoms with Crippen molar-refractivity contribution in [3.63, 3.8) is 0 Å². The summed E-state index contributed by atoms with van der Waals surface area (Å²) in [6.07, 6.45) is 0.0930. The predicted molar refractivity (Wildman–Crippen MR) is 240 cm³/mol. The normalized spacial score (nSPS) is 20.6. The summed E-state index contributed by atoms with van der Waals surface area (Å²) >= 11 is 0. The molecule has 4 heterocycles. The van der Waals surface area contributed by atoms with Crippen LogP contribution in [0.3, 0.4) is 0 Å². The molecule has 6 aromatic rings. The molecule has 0 unspecified atom stereocenters. The number of hydrogen-bond acceptors (Lipinski definition) is 9. The summed E-state index contributed by atoms with van der Waals surface area (Å²) in [5.74, 6) is 0.909. The fourth-order valence-corrected chi connectivity index (χ4v) is 9.86. The largest absolute Gasteiger partial charge is 0.453 e. The Morgan fingerprint density at radius 1 is 0.730 bits per heavy atom. The van der Waals surface area contributed by atoms with Gasteiger partial charge in [-0.25, -0.2) is 19.6 Å². The number of amides is 4. The number of benzene rings is 4. The molecule has 0 radical (unpaired) electrons. The summed E-state index contributed by atoms with van der Waals surface area (Å²) in [6.45, 7) is 10.7. The van der Waals surface area contributed by atoms with Gasteiger partial charge in [0.15, 0.2) is 0 Å². The Balaban J connectivity index is 0.993. The van der Waals surface area contributed by atoms with Gasteiger partial charge in [-0.05, 0) is 88.9 Å². The Hall–Kier alpha value is -6.48. The van der Waals surface area contributed by atoms with Crippen molar-refractivity contribution in [1.82, 2.24) is 40.4 Å². The van der Waals surface area contributed by atoms with Gasteiger partial charge in [0.25, 0.3) is 0 Å². The van der Waals surface area contributed by atoms with Gasteiger partial charge in [-0.1, -0.05) is 64.1 Å². The molecule has 15 nitrogen and oxygen atoms in total. The molecule has 4 amide bonds. The Kier molecular flexibility index (Phi) is 10.8. The average Bonchev–Trinajstić information content (AvgIpc) is 3.88. The molecular weight excluding hydrogens is 801 g/mol. The minimum absolute atomic E-state index is 0.0492. The monoisotopic (exact) mass is 854 g/mol. The summed E-state index contributed by atoms with van der Waals surface area (Å²) < 4.78 is 15.2. The number of alkyl carbamates (subject to hydrolysis) is 2. The van der Waals surface area contributed by atoms with Crippen molar-refractivity contribution in [3.8, 4) is 11.1 Å².